The number of carbonyl (C=O) groups is 4. The van der Waals surface area contributed by atoms with Crippen LogP contribution in [0.2, 0.25) is 0 Å². The van der Waals surface area contributed by atoms with Crippen LogP contribution in [0, 0.1) is 0 Å². The molecule has 0 atom stereocenters. The van der Waals surface area contributed by atoms with Gasteiger partial charge in [0.2, 0.25) is 11.8 Å². The monoisotopic (exact) mass is 418 g/mol. The molecule has 0 aliphatic rings. The third-order valence-electron chi connectivity index (χ3n) is 4.07. The van der Waals surface area contributed by atoms with Crippen molar-refractivity contribution in [3.63, 3.8) is 0 Å². The van der Waals surface area contributed by atoms with Gasteiger partial charge in [0.05, 0.1) is 44.7 Å². The number of esters is 2. The maximum Gasteiger partial charge on any atom is 0.339 e. The fraction of sp³-hybridized carbons (Fsp3) is 0.316. The van der Waals surface area contributed by atoms with Crippen molar-refractivity contribution in [1.29, 1.82) is 0 Å². The van der Waals surface area contributed by atoms with E-state index in [1.165, 1.54) is 57.5 Å². The molecule has 0 radical (unpaired) electrons. The molecule has 1 aromatic carbocycles. The number of hydrogen-bond donors (Lipinski definition) is 1. The van der Waals surface area contributed by atoms with Crippen LogP contribution in [0.25, 0.3) is 0 Å². The Morgan fingerprint density at radius 3 is 2.33 bits per heavy atom. The van der Waals surface area contributed by atoms with Crippen LogP contribution in [-0.4, -0.2) is 73.4 Å². The van der Waals surface area contributed by atoms with Crippen LogP contribution in [0.15, 0.2) is 24.4 Å². The first kappa shape index (κ1) is 22.4. The summed E-state index contributed by atoms with van der Waals surface area (Å²) >= 11 is 0. The van der Waals surface area contributed by atoms with E-state index in [2.05, 4.69) is 15.2 Å². The lowest BCUT2D eigenvalue weighted by Gasteiger charge is -2.17. The molecule has 2 amide bonds. The van der Waals surface area contributed by atoms with E-state index < -0.39 is 23.8 Å². The molecule has 0 fully saturated rings. The van der Waals surface area contributed by atoms with Gasteiger partial charge in [-0.2, -0.15) is 0 Å². The van der Waals surface area contributed by atoms with Gasteiger partial charge in [0, 0.05) is 20.3 Å². The summed E-state index contributed by atoms with van der Waals surface area (Å²) in [6, 6.07) is 4.00. The maximum absolute atomic E-state index is 12.6. The molecule has 0 unspecified atom stereocenters. The molecule has 1 heterocycles. The molecule has 160 valence electrons. The van der Waals surface area contributed by atoms with Gasteiger partial charge in [-0.15, -0.1) is 5.10 Å². The van der Waals surface area contributed by atoms with Crippen molar-refractivity contribution in [3.05, 3.63) is 41.1 Å². The van der Waals surface area contributed by atoms with Gasteiger partial charge in [0.25, 0.3) is 5.91 Å². The van der Waals surface area contributed by atoms with Gasteiger partial charge in [-0.3, -0.25) is 14.3 Å². The van der Waals surface area contributed by atoms with Gasteiger partial charge >= 0.3 is 11.9 Å². The van der Waals surface area contributed by atoms with Gasteiger partial charge in [-0.05, 0) is 18.2 Å². The number of nitrogens with zero attached hydrogens (tertiary/aromatic N) is 3. The highest BCUT2D eigenvalue weighted by atomic mass is 16.5. The van der Waals surface area contributed by atoms with Crippen LogP contribution >= 0.6 is 0 Å². The molecule has 0 aliphatic heterocycles. The molecule has 0 aliphatic carbocycles. The number of benzene rings is 1. The molecule has 1 N–H and O–H groups in total. The van der Waals surface area contributed by atoms with Gasteiger partial charge in [0.15, 0.2) is 0 Å². The minimum absolute atomic E-state index is 0.0430. The summed E-state index contributed by atoms with van der Waals surface area (Å²) in [6.07, 6.45) is 1.48. The normalized spacial score (nSPS) is 10.2. The summed E-state index contributed by atoms with van der Waals surface area (Å²) in [6.45, 7) is -0.333. The van der Waals surface area contributed by atoms with E-state index in [-0.39, 0.29) is 34.8 Å². The third kappa shape index (κ3) is 4.93. The second kappa shape index (κ2) is 9.54. The minimum atomic E-state index is -0.703. The average molecular weight is 418 g/mol. The Labute approximate surface area is 172 Å². The first-order chi connectivity index (χ1) is 14.2. The predicted octanol–water partition coefficient (Wildman–Crippen LogP) is 0.713. The predicted molar refractivity (Wildman–Crippen MR) is 104 cm³/mol. The van der Waals surface area contributed by atoms with Crippen LogP contribution in [0.5, 0.6) is 5.88 Å². The summed E-state index contributed by atoms with van der Waals surface area (Å²) in [7, 11) is 6.85. The quantitative estimate of drug-likeness (QED) is 0.651. The Morgan fingerprint density at radius 1 is 1.07 bits per heavy atom. The Bertz CT molecular complexity index is 983. The Hall–Kier alpha value is -3.89. The lowest BCUT2D eigenvalue weighted by Crippen LogP contribution is -2.35. The summed E-state index contributed by atoms with van der Waals surface area (Å²) in [5.74, 6) is -2.29. The van der Waals surface area contributed by atoms with Crippen LogP contribution in [-0.2, 0) is 21.3 Å². The zero-order valence-electron chi connectivity index (χ0n) is 17.2. The number of hydrogen-bond acceptors (Lipinski definition) is 8. The Balaban J connectivity index is 2.20. The third-order valence-corrected chi connectivity index (χ3v) is 4.07. The Morgan fingerprint density at radius 2 is 1.73 bits per heavy atom. The van der Waals surface area contributed by atoms with Crippen LogP contribution < -0.4 is 10.1 Å². The SMILES string of the molecule is COC(=O)c1ccc(C(=O)OC)c(NC(=O)CN(C)C(=O)c2cn(C)nc2OC)c1. The molecule has 11 nitrogen and oxygen atoms in total. The lowest BCUT2D eigenvalue weighted by atomic mass is 10.1. The van der Waals surface area contributed by atoms with Crippen LogP contribution in [0.4, 0.5) is 5.69 Å². The highest BCUT2D eigenvalue weighted by molar-refractivity contribution is 6.05. The molecule has 0 saturated carbocycles. The molecule has 2 aromatic rings. The summed E-state index contributed by atoms with van der Waals surface area (Å²) in [5.41, 5.74) is 0.416. The summed E-state index contributed by atoms with van der Waals surface area (Å²) in [4.78, 5) is 50.0. The summed E-state index contributed by atoms with van der Waals surface area (Å²) in [5, 5.41) is 6.53. The number of amides is 2. The van der Waals surface area contributed by atoms with Crippen molar-refractivity contribution in [2.75, 3.05) is 40.2 Å². The van der Waals surface area contributed by atoms with E-state index >= 15 is 0 Å². The van der Waals surface area contributed by atoms with Crippen molar-refractivity contribution >= 4 is 29.4 Å². The maximum atomic E-state index is 12.6. The second-order valence-electron chi connectivity index (χ2n) is 6.18. The van der Waals surface area contributed by atoms with Crippen molar-refractivity contribution in [2.24, 2.45) is 7.05 Å². The van der Waals surface area contributed by atoms with Crippen molar-refractivity contribution in [2.45, 2.75) is 0 Å². The van der Waals surface area contributed by atoms with E-state index in [1.807, 2.05) is 0 Å². The number of ether oxygens (including phenoxy) is 3. The van der Waals surface area contributed by atoms with Crippen molar-refractivity contribution in [3.8, 4) is 5.88 Å². The standard InChI is InChI=1S/C19H22N4O7/c1-22(17(25)13-9-23(2)21-16(13)28-3)10-15(24)20-14-8-11(18(26)29-4)6-7-12(14)19(27)30-5/h6-9H,10H2,1-5H3,(H,20,24). The number of likely N-dealkylation sites (N-methyl/N-ethyl adjacent to an activating group) is 1. The first-order valence-corrected chi connectivity index (χ1v) is 8.65. The highest BCUT2D eigenvalue weighted by Gasteiger charge is 2.23. The lowest BCUT2D eigenvalue weighted by molar-refractivity contribution is -0.116. The van der Waals surface area contributed by atoms with E-state index in [9.17, 15) is 19.2 Å². The van der Waals surface area contributed by atoms with Crippen LogP contribution in [0.3, 0.4) is 0 Å². The van der Waals surface area contributed by atoms with Crippen LogP contribution in [0.1, 0.15) is 31.1 Å². The van der Waals surface area contributed by atoms with Crippen molar-refractivity contribution < 1.29 is 33.4 Å². The number of anilines is 1. The fourth-order valence-electron chi connectivity index (χ4n) is 2.63. The molecule has 11 heteroatoms. The second-order valence-corrected chi connectivity index (χ2v) is 6.18. The average Bonchev–Trinajstić information content (AvgIpc) is 3.12. The van der Waals surface area contributed by atoms with E-state index in [4.69, 9.17) is 9.47 Å². The van der Waals surface area contributed by atoms with E-state index in [1.54, 1.807) is 7.05 Å². The Kier molecular flexibility index (Phi) is 7.13. The zero-order chi connectivity index (χ0) is 22.4. The highest BCUT2D eigenvalue weighted by Crippen LogP contribution is 2.20. The number of aromatic nitrogens is 2. The number of methoxy groups -OCH3 is 3. The first-order valence-electron chi connectivity index (χ1n) is 8.65. The molecule has 0 saturated heterocycles. The molecule has 0 bridgehead atoms. The number of nitrogens with one attached hydrogen (secondary N) is 1. The van der Waals surface area contributed by atoms with E-state index in [0.29, 0.717) is 0 Å². The number of carbonyl (C=O) groups excluding carboxylic acids is 4. The topological polar surface area (TPSA) is 129 Å². The molecule has 2 rings (SSSR count). The fourth-order valence-corrected chi connectivity index (χ4v) is 2.63. The smallest absolute Gasteiger partial charge is 0.339 e. The summed E-state index contributed by atoms with van der Waals surface area (Å²) < 4.78 is 15.8. The van der Waals surface area contributed by atoms with Gasteiger partial charge < -0.3 is 24.4 Å². The van der Waals surface area contributed by atoms with Crippen molar-refractivity contribution in [1.82, 2.24) is 14.7 Å². The molecular weight excluding hydrogens is 396 g/mol. The zero-order valence-corrected chi connectivity index (χ0v) is 17.2. The molecule has 1 aromatic heterocycles. The largest absolute Gasteiger partial charge is 0.479 e. The van der Waals surface area contributed by atoms with Gasteiger partial charge in [-0.1, -0.05) is 0 Å². The van der Waals surface area contributed by atoms with E-state index in [0.717, 1.165) is 4.90 Å². The molecular formula is C19H22N4O7. The minimum Gasteiger partial charge on any atom is -0.479 e. The molecule has 0 spiro atoms. The van der Waals surface area contributed by atoms with Gasteiger partial charge in [-0.25, -0.2) is 9.59 Å². The molecule has 30 heavy (non-hydrogen) atoms. The number of rotatable bonds is 7. The number of aryl methyl sites for hydroxylation is 1. The van der Waals surface area contributed by atoms with Gasteiger partial charge in [0.1, 0.15) is 5.56 Å².